The molecule has 1 atom stereocenters. The fourth-order valence-corrected chi connectivity index (χ4v) is 4.34. The van der Waals surface area contributed by atoms with Gasteiger partial charge in [-0.25, -0.2) is 9.97 Å². The average molecular weight is 448 g/mol. The Bertz CT molecular complexity index is 1180. The molecule has 3 aromatic heterocycles. The number of anilines is 1. The Morgan fingerprint density at radius 2 is 2.09 bits per heavy atom. The van der Waals surface area contributed by atoms with Gasteiger partial charge in [-0.3, -0.25) is 4.40 Å². The number of pyridine rings is 2. The van der Waals surface area contributed by atoms with Crippen molar-refractivity contribution in [2.24, 2.45) is 0 Å². The number of fused-ring (bicyclic) bond motifs is 1. The molecular weight excluding hydrogens is 414 g/mol. The first-order valence-electron chi connectivity index (χ1n) is 11.2. The lowest BCUT2D eigenvalue weighted by atomic mass is 10.2. The minimum Gasteiger partial charge on any atom is -0.495 e. The number of nitrogens with zero attached hydrogens (tertiary/aromatic N) is 3. The molecule has 4 rings (SSSR count). The second-order valence-corrected chi connectivity index (χ2v) is 15.0. The lowest BCUT2D eigenvalue weighted by molar-refractivity contribution is 0.413. The molecule has 0 spiro atoms. The predicted molar refractivity (Wildman–Crippen MR) is 134 cm³/mol. The van der Waals surface area contributed by atoms with Crippen molar-refractivity contribution in [3.05, 3.63) is 42.2 Å². The number of methoxy groups -OCH3 is 1. The Morgan fingerprint density at radius 1 is 1.28 bits per heavy atom. The maximum atomic E-state index is 5.64. The summed E-state index contributed by atoms with van der Waals surface area (Å²) in [6, 6.07) is 8.44. The minimum atomic E-state index is -1.75. The van der Waals surface area contributed by atoms with Gasteiger partial charge in [0, 0.05) is 24.8 Å². The Balaban J connectivity index is 1.73. The molecule has 1 aliphatic rings. The fraction of sp³-hybridized carbons (Fsp3) is 0.440. The molecule has 32 heavy (non-hydrogen) atoms. The maximum Gasteiger partial charge on any atom is 0.141 e. The van der Waals surface area contributed by atoms with Crippen LogP contribution in [0.15, 0.2) is 36.7 Å². The summed E-state index contributed by atoms with van der Waals surface area (Å²) in [4.78, 5) is 9.46. The van der Waals surface area contributed by atoms with Crippen LogP contribution in [0.4, 0.5) is 5.82 Å². The van der Waals surface area contributed by atoms with Crippen LogP contribution in [-0.4, -0.2) is 48.7 Å². The molecule has 168 valence electrons. The summed E-state index contributed by atoms with van der Waals surface area (Å²) in [5.41, 5.74) is 7.10. The van der Waals surface area contributed by atoms with Gasteiger partial charge in [0.15, 0.2) is 0 Å². The molecule has 0 aliphatic carbocycles. The summed E-state index contributed by atoms with van der Waals surface area (Å²) < 4.78 is 7.70. The van der Waals surface area contributed by atoms with Crippen LogP contribution in [0.25, 0.3) is 17.0 Å². The highest BCUT2D eigenvalue weighted by atomic mass is 28.3. The van der Waals surface area contributed by atoms with Crippen LogP contribution in [-0.2, 0) is 0 Å². The summed E-state index contributed by atoms with van der Waals surface area (Å²) in [6.45, 7) is 13.5. The third-order valence-electron chi connectivity index (χ3n) is 6.64. The van der Waals surface area contributed by atoms with E-state index >= 15 is 0 Å². The normalized spacial score (nSPS) is 16.6. The Hall–Kier alpha value is -2.82. The minimum absolute atomic E-state index is 0.198. The van der Waals surface area contributed by atoms with Gasteiger partial charge in [-0.15, -0.1) is 5.54 Å². The van der Waals surface area contributed by atoms with Crippen molar-refractivity contribution in [3.8, 4) is 28.6 Å². The molecule has 0 bridgehead atoms. The first kappa shape index (κ1) is 22.4. The third-order valence-corrected chi connectivity index (χ3v) is 11.1. The van der Waals surface area contributed by atoms with Crippen LogP contribution in [0.2, 0.25) is 18.1 Å². The van der Waals surface area contributed by atoms with E-state index in [2.05, 4.69) is 65.3 Å². The molecule has 2 N–H and O–H groups in total. The number of aromatic nitrogens is 3. The molecule has 7 heteroatoms. The molecular formula is C25H33N5OSi. The highest BCUT2D eigenvalue weighted by molar-refractivity contribution is 6.87. The van der Waals surface area contributed by atoms with E-state index in [1.807, 2.05) is 36.7 Å². The Morgan fingerprint density at radius 3 is 2.78 bits per heavy atom. The van der Waals surface area contributed by atoms with Gasteiger partial charge in [-0.1, -0.05) is 45.9 Å². The number of imidazole rings is 1. The summed E-state index contributed by atoms with van der Waals surface area (Å²) in [5, 5.41) is 7.11. The molecule has 4 heterocycles. The molecule has 3 aromatic rings. The van der Waals surface area contributed by atoms with Gasteiger partial charge < -0.3 is 15.4 Å². The highest BCUT2D eigenvalue weighted by Crippen LogP contribution is 2.35. The van der Waals surface area contributed by atoms with E-state index < -0.39 is 8.07 Å². The molecule has 1 unspecified atom stereocenters. The number of ether oxygens (including phenoxy) is 1. The van der Waals surface area contributed by atoms with Gasteiger partial charge in [0.25, 0.3) is 0 Å². The van der Waals surface area contributed by atoms with Crippen molar-refractivity contribution in [3.63, 3.8) is 0 Å². The fourth-order valence-electron chi connectivity index (χ4n) is 3.51. The van der Waals surface area contributed by atoms with E-state index in [9.17, 15) is 0 Å². The largest absolute Gasteiger partial charge is 0.495 e. The van der Waals surface area contributed by atoms with E-state index in [4.69, 9.17) is 9.72 Å². The number of rotatable bonds is 4. The van der Waals surface area contributed by atoms with E-state index in [-0.39, 0.29) is 5.04 Å². The first-order chi connectivity index (χ1) is 15.2. The van der Waals surface area contributed by atoms with Crippen molar-refractivity contribution in [2.45, 2.75) is 51.4 Å². The van der Waals surface area contributed by atoms with Gasteiger partial charge in [0.05, 0.1) is 30.3 Å². The molecule has 0 amide bonds. The summed E-state index contributed by atoms with van der Waals surface area (Å²) in [5.74, 6) is 5.06. The molecule has 1 fully saturated rings. The van der Waals surface area contributed by atoms with Crippen molar-refractivity contribution < 1.29 is 4.74 Å². The van der Waals surface area contributed by atoms with Crippen LogP contribution in [0.1, 0.15) is 32.8 Å². The van der Waals surface area contributed by atoms with Crippen LogP contribution in [0, 0.1) is 11.5 Å². The molecule has 0 aromatic carbocycles. The van der Waals surface area contributed by atoms with Gasteiger partial charge in [-0.2, -0.15) is 0 Å². The summed E-state index contributed by atoms with van der Waals surface area (Å²) >= 11 is 0. The van der Waals surface area contributed by atoms with E-state index in [0.29, 0.717) is 6.04 Å². The standard InChI is InChI=1S/C25H33N5OSi/c1-25(2,3)32(5,6)13-11-18-17-30-21(16-27-24(30)14-22(18)31-4)20-8-7-9-23(29-20)28-19-10-12-26-15-19/h7-9,14,16-17,19,26H,10,12,15H2,1-6H3,(H,28,29). The topological polar surface area (TPSA) is 63.5 Å². The van der Waals surface area contributed by atoms with Gasteiger partial charge in [-0.05, 0) is 30.1 Å². The van der Waals surface area contributed by atoms with Crippen LogP contribution >= 0.6 is 0 Å². The molecule has 6 nitrogen and oxygen atoms in total. The number of nitrogens with one attached hydrogen (secondary N) is 2. The molecule has 1 saturated heterocycles. The van der Waals surface area contributed by atoms with Crippen LogP contribution in [0.3, 0.4) is 0 Å². The van der Waals surface area contributed by atoms with Gasteiger partial charge >= 0.3 is 0 Å². The van der Waals surface area contributed by atoms with Crippen LogP contribution < -0.4 is 15.4 Å². The zero-order chi connectivity index (χ0) is 22.9. The van der Waals surface area contributed by atoms with E-state index in [0.717, 1.165) is 53.7 Å². The van der Waals surface area contributed by atoms with Gasteiger partial charge in [0.2, 0.25) is 0 Å². The molecule has 0 radical (unpaired) electrons. The van der Waals surface area contributed by atoms with Crippen molar-refractivity contribution >= 4 is 19.5 Å². The summed E-state index contributed by atoms with van der Waals surface area (Å²) in [7, 11) is -0.0627. The third kappa shape index (κ3) is 4.52. The predicted octanol–water partition coefficient (Wildman–Crippen LogP) is 4.58. The monoisotopic (exact) mass is 447 g/mol. The molecule has 1 aliphatic heterocycles. The second kappa shape index (κ2) is 8.61. The number of hydrogen-bond acceptors (Lipinski definition) is 5. The Kier molecular flexibility index (Phi) is 6.02. The lowest BCUT2D eigenvalue weighted by Gasteiger charge is -2.31. The quantitative estimate of drug-likeness (QED) is 0.453. The number of hydrogen-bond donors (Lipinski definition) is 2. The average Bonchev–Trinajstić information content (AvgIpc) is 3.40. The van der Waals surface area contributed by atoms with Crippen molar-refractivity contribution in [1.29, 1.82) is 0 Å². The SMILES string of the molecule is COc1cc2ncc(-c3cccc(NC4CCNC4)n3)n2cc1C#C[Si](C)(C)C(C)(C)C. The highest BCUT2D eigenvalue weighted by Gasteiger charge is 2.33. The van der Waals surface area contributed by atoms with E-state index in [1.54, 1.807) is 7.11 Å². The smallest absolute Gasteiger partial charge is 0.141 e. The first-order valence-corrected chi connectivity index (χ1v) is 14.2. The van der Waals surface area contributed by atoms with Gasteiger partial charge in [0.1, 0.15) is 25.3 Å². The lowest BCUT2D eigenvalue weighted by Crippen LogP contribution is -2.35. The second-order valence-electron chi connectivity index (χ2n) is 9.99. The summed E-state index contributed by atoms with van der Waals surface area (Å²) in [6.07, 6.45) is 5.00. The van der Waals surface area contributed by atoms with Crippen molar-refractivity contribution in [2.75, 3.05) is 25.5 Å². The van der Waals surface area contributed by atoms with E-state index in [1.165, 1.54) is 0 Å². The maximum absolute atomic E-state index is 5.64. The Labute approximate surface area is 191 Å². The van der Waals surface area contributed by atoms with Crippen LogP contribution in [0.5, 0.6) is 5.75 Å². The molecule has 0 saturated carbocycles. The van der Waals surface area contributed by atoms with Crippen molar-refractivity contribution in [1.82, 2.24) is 19.7 Å². The zero-order valence-electron chi connectivity index (χ0n) is 19.9. The zero-order valence-corrected chi connectivity index (χ0v) is 20.9.